The summed E-state index contributed by atoms with van der Waals surface area (Å²) in [6.07, 6.45) is 3.21. The van der Waals surface area contributed by atoms with Crippen LogP contribution in [0.15, 0.2) is 29.2 Å². The van der Waals surface area contributed by atoms with Crippen LogP contribution in [0.25, 0.3) is 0 Å². The van der Waals surface area contributed by atoms with Gasteiger partial charge in [0, 0.05) is 16.5 Å². The predicted molar refractivity (Wildman–Crippen MR) is 78.9 cm³/mol. The van der Waals surface area contributed by atoms with Crippen molar-refractivity contribution >= 4 is 11.8 Å². The first-order valence-electron chi connectivity index (χ1n) is 6.22. The van der Waals surface area contributed by atoms with Crippen LogP contribution in [0.4, 0.5) is 0 Å². The van der Waals surface area contributed by atoms with E-state index in [4.69, 9.17) is 0 Å². The van der Waals surface area contributed by atoms with Crippen LogP contribution in [0.5, 0.6) is 0 Å². The van der Waals surface area contributed by atoms with Crippen molar-refractivity contribution in [2.45, 2.75) is 50.6 Å². The summed E-state index contributed by atoms with van der Waals surface area (Å²) in [5.41, 5.74) is 1.62. The lowest BCUT2D eigenvalue weighted by molar-refractivity contribution is 0.119. The van der Waals surface area contributed by atoms with E-state index in [1.165, 1.54) is 10.5 Å². The fourth-order valence-electron chi connectivity index (χ4n) is 2.07. The average Bonchev–Trinajstić information content (AvgIpc) is 2.28. The van der Waals surface area contributed by atoms with Gasteiger partial charge in [0.1, 0.15) is 0 Å². The molecule has 0 spiro atoms. The van der Waals surface area contributed by atoms with Gasteiger partial charge in [0.15, 0.2) is 0 Å². The van der Waals surface area contributed by atoms with Crippen molar-refractivity contribution in [2.75, 3.05) is 13.3 Å². The van der Waals surface area contributed by atoms with E-state index in [1.54, 1.807) is 11.8 Å². The molecule has 0 atom stereocenters. The van der Waals surface area contributed by atoms with Crippen LogP contribution in [-0.4, -0.2) is 29.8 Å². The van der Waals surface area contributed by atoms with Gasteiger partial charge in [0.25, 0.3) is 0 Å². The molecule has 0 saturated carbocycles. The number of hydrogen-bond donors (Lipinski definition) is 0. The van der Waals surface area contributed by atoms with E-state index in [0.29, 0.717) is 6.04 Å². The molecule has 0 aliphatic rings. The molecule has 0 unspecified atom stereocenters. The van der Waals surface area contributed by atoms with Gasteiger partial charge in [-0.05, 0) is 65.1 Å². The van der Waals surface area contributed by atoms with Crippen molar-refractivity contribution in [2.24, 2.45) is 0 Å². The third-order valence-corrected chi connectivity index (χ3v) is 4.27. The molecule has 17 heavy (non-hydrogen) atoms. The van der Waals surface area contributed by atoms with Crippen LogP contribution >= 0.6 is 11.8 Å². The second-order valence-corrected chi connectivity index (χ2v) is 6.42. The summed E-state index contributed by atoms with van der Waals surface area (Å²) in [7, 11) is 2.21. The van der Waals surface area contributed by atoms with E-state index >= 15 is 0 Å². The molecular formula is C15H25NS. The number of rotatable bonds is 5. The molecule has 0 aromatic heterocycles. The summed E-state index contributed by atoms with van der Waals surface area (Å²) in [5.74, 6) is 0. The van der Waals surface area contributed by atoms with Crippen LogP contribution in [0.1, 0.15) is 33.3 Å². The van der Waals surface area contributed by atoms with Gasteiger partial charge in [-0.25, -0.2) is 0 Å². The van der Waals surface area contributed by atoms with Gasteiger partial charge in [-0.1, -0.05) is 12.1 Å². The van der Waals surface area contributed by atoms with Gasteiger partial charge in [-0.2, -0.15) is 0 Å². The molecule has 0 saturated heterocycles. The second kappa shape index (κ2) is 5.92. The van der Waals surface area contributed by atoms with Crippen LogP contribution in [-0.2, 0) is 6.42 Å². The minimum absolute atomic E-state index is 0.203. The Kier molecular flexibility index (Phi) is 5.08. The van der Waals surface area contributed by atoms with Crippen LogP contribution in [0.3, 0.4) is 0 Å². The monoisotopic (exact) mass is 251 g/mol. The fourth-order valence-corrected chi connectivity index (χ4v) is 2.47. The maximum absolute atomic E-state index is 2.44. The fraction of sp³-hybridized carbons (Fsp3) is 0.600. The Morgan fingerprint density at radius 3 is 2.12 bits per heavy atom. The molecule has 0 radical (unpaired) electrons. The van der Waals surface area contributed by atoms with Crippen molar-refractivity contribution < 1.29 is 0 Å². The molecule has 1 aromatic rings. The first kappa shape index (κ1) is 14.6. The van der Waals surface area contributed by atoms with Crippen molar-refractivity contribution in [3.63, 3.8) is 0 Å². The third-order valence-electron chi connectivity index (χ3n) is 3.53. The van der Waals surface area contributed by atoms with Gasteiger partial charge < -0.3 is 0 Å². The Morgan fingerprint density at radius 2 is 1.71 bits per heavy atom. The molecule has 1 nitrogen and oxygen atoms in total. The number of likely N-dealkylation sites (N-methyl/N-ethyl adjacent to an activating group) is 1. The Morgan fingerprint density at radius 1 is 1.18 bits per heavy atom. The lowest BCUT2D eigenvalue weighted by Crippen LogP contribution is -2.46. The first-order chi connectivity index (χ1) is 7.86. The molecule has 0 heterocycles. The molecule has 0 aliphatic carbocycles. The number of nitrogens with zero attached hydrogens (tertiary/aromatic N) is 1. The molecule has 1 rings (SSSR count). The van der Waals surface area contributed by atoms with Crippen LogP contribution < -0.4 is 0 Å². The summed E-state index contributed by atoms with van der Waals surface area (Å²) in [6, 6.07) is 9.51. The molecular weight excluding hydrogens is 226 g/mol. The van der Waals surface area contributed by atoms with Crippen molar-refractivity contribution in [1.29, 1.82) is 0 Å². The van der Waals surface area contributed by atoms with Gasteiger partial charge in [0.2, 0.25) is 0 Å². The Labute approximate surface area is 111 Å². The van der Waals surface area contributed by atoms with Gasteiger partial charge in [-0.15, -0.1) is 11.8 Å². The SMILES string of the molecule is CSc1ccc(CC(C)(C)N(C)C(C)C)cc1. The molecule has 0 N–H and O–H groups in total. The van der Waals surface area contributed by atoms with Gasteiger partial charge >= 0.3 is 0 Å². The zero-order chi connectivity index (χ0) is 13.1. The summed E-state index contributed by atoms with van der Waals surface area (Å²) in [5, 5.41) is 0. The maximum atomic E-state index is 2.44. The Bertz CT molecular complexity index is 340. The van der Waals surface area contributed by atoms with E-state index < -0.39 is 0 Å². The standard InChI is InChI=1S/C15H25NS/c1-12(2)16(5)15(3,4)11-13-7-9-14(17-6)10-8-13/h7-10,12H,11H2,1-6H3. The highest BCUT2D eigenvalue weighted by atomic mass is 32.2. The zero-order valence-electron chi connectivity index (χ0n) is 11.9. The molecule has 0 bridgehead atoms. The normalized spacial score (nSPS) is 12.5. The number of hydrogen-bond acceptors (Lipinski definition) is 2. The Balaban J connectivity index is 2.75. The summed E-state index contributed by atoms with van der Waals surface area (Å²) >= 11 is 1.80. The number of thioether (sulfide) groups is 1. The highest BCUT2D eigenvalue weighted by Gasteiger charge is 2.25. The largest absolute Gasteiger partial charge is 0.299 e. The van der Waals surface area contributed by atoms with E-state index in [2.05, 4.69) is 70.2 Å². The van der Waals surface area contributed by atoms with Crippen molar-refractivity contribution in [3.8, 4) is 0 Å². The minimum Gasteiger partial charge on any atom is -0.299 e. The summed E-state index contributed by atoms with van der Waals surface area (Å²) in [6.45, 7) is 9.13. The lowest BCUT2D eigenvalue weighted by Gasteiger charge is -2.38. The molecule has 1 aromatic carbocycles. The molecule has 96 valence electrons. The van der Waals surface area contributed by atoms with E-state index in [9.17, 15) is 0 Å². The van der Waals surface area contributed by atoms with E-state index in [-0.39, 0.29) is 5.54 Å². The third kappa shape index (κ3) is 4.04. The second-order valence-electron chi connectivity index (χ2n) is 5.54. The Hall–Kier alpha value is -0.470. The molecule has 2 heteroatoms. The van der Waals surface area contributed by atoms with E-state index in [1.807, 2.05) is 0 Å². The van der Waals surface area contributed by atoms with Crippen LogP contribution in [0.2, 0.25) is 0 Å². The summed E-state index contributed by atoms with van der Waals surface area (Å²) in [4.78, 5) is 3.78. The van der Waals surface area contributed by atoms with Gasteiger partial charge in [-0.3, -0.25) is 4.90 Å². The van der Waals surface area contributed by atoms with E-state index in [0.717, 1.165) is 6.42 Å². The van der Waals surface area contributed by atoms with Gasteiger partial charge in [0.05, 0.1) is 0 Å². The maximum Gasteiger partial charge on any atom is 0.0193 e. The predicted octanol–water partition coefficient (Wildman–Crippen LogP) is 4.07. The zero-order valence-corrected chi connectivity index (χ0v) is 12.8. The van der Waals surface area contributed by atoms with Crippen molar-refractivity contribution in [1.82, 2.24) is 4.90 Å². The average molecular weight is 251 g/mol. The molecule has 0 fully saturated rings. The topological polar surface area (TPSA) is 3.24 Å². The first-order valence-corrected chi connectivity index (χ1v) is 7.45. The highest BCUT2D eigenvalue weighted by molar-refractivity contribution is 7.98. The summed E-state index contributed by atoms with van der Waals surface area (Å²) < 4.78 is 0. The van der Waals surface area contributed by atoms with Crippen molar-refractivity contribution in [3.05, 3.63) is 29.8 Å². The quantitative estimate of drug-likeness (QED) is 0.726. The molecule has 0 aliphatic heterocycles. The molecule has 0 amide bonds. The lowest BCUT2D eigenvalue weighted by atomic mass is 9.92. The smallest absolute Gasteiger partial charge is 0.0193 e. The van der Waals surface area contributed by atoms with Crippen LogP contribution in [0, 0.1) is 0 Å². The minimum atomic E-state index is 0.203. The number of benzene rings is 1. The highest BCUT2D eigenvalue weighted by Crippen LogP contribution is 2.23.